The zero-order valence-corrected chi connectivity index (χ0v) is 15.6. The zero-order chi connectivity index (χ0) is 17.7. The van der Waals surface area contributed by atoms with Crippen molar-refractivity contribution >= 4 is 5.91 Å². The van der Waals surface area contributed by atoms with Crippen LogP contribution in [0.25, 0.3) is 0 Å². The third-order valence-corrected chi connectivity index (χ3v) is 5.21. The molecule has 1 amide bonds. The van der Waals surface area contributed by atoms with Crippen molar-refractivity contribution in [3.8, 4) is 0 Å². The van der Waals surface area contributed by atoms with E-state index in [0.717, 1.165) is 38.6 Å². The highest BCUT2D eigenvalue weighted by Crippen LogP contribution is 2.40. The molecule has 0 saturated heterocycles. The highest BCUT2D eigenvalue weighted by atomic mass is 16.2. The van der Waals surface area contributed by atoms with Crippen LogP contribution in [-0.4, -0.2) is 41.4 Å². The van der Waals surface area contributed by atoms with E-state index in [9.17, 15) is 4.79 Å². The summed E-state index contributed by atoms with van der Waals surface area (Å²) in [5, 5.41) is 0. The van der Waals surface area contributed by atoms with Crippen molar-refractivity contribution in [2.45, 2.75) is 51.5 Å². The van der Waals surface area contributed by atoms with Crippen LogP contribution in [0.5, 0.6) is 0 Å². The molecule has 0 radical (unpaired) electrons. The number of likely N-dealkylation sites (N-methyl/N-ethyl adjacent to an activating group) is 2. The number of hydrogen-bond acceptors (Lipinski definition) is 2. The van der Waals surface area contributed by atoms with Gasteiger partial charge in [0.05, 0.1) is 0 Å². The smallest absolute Gasteiger partial charge is 0.248 e. The lowest BCUT2D eigenvalue weighted by atomic mass is 9.72. The zero-order valence-electron chi connectivity index (χ0n) is 15.6. The fraction of sp³-hybridized carbons (Fsp3) is 0.571. The average molecular weight is 329 g/mol. The molecule has 1 saturated carbocycles. The Bertz CT molecular complexity index is 560. The first-order chi connectivity index (χ1) is 11.4. The number of hydrogen-bond donors (Lipinski definition) is 0. The third kappa shape index (κ3) is 3.82. The number of carbonyl (C=O) groups is 1. The van der Waals surface area contributed by atoms with Gasteiger partial charge >= 0.3 is 0 Å². The molecule has 0 aliphatic heterocycles. The summed E-state index contributed by atoms with van der Waals surface area (Å²) >= 11 is 0. The number of nitrogens with zero attached hydrogens (tertiary/aromatic N) is 2. The van der Waals surface area contributed by atoms with Crippen LogP contribution in [0.1, 0.15) is 46.0 Å². The van der Waals surface area contributed by atoms with Crippen molar-refractivity contribution in [3.63, 3.8) is 0 Å². The highest BCUT2D eigenvalue weighted by molar-refractivity contribution is 5.87. The summed E-state index contributed by atoms with van der Waals surface area (Å²) in [6.45, 7) is 13.9. The van der Waals surface area contributed by atoms with E-state index in [1.807, 2.05) is 18.1 Å². The van der Waals surface area contributed by atoms with Gasteiger partial charge in [0, 0.05) is 26.6 Å². The summed E-state index contributed by atoms with van der Waals surface area (Å²) < 4.78 is 0. The van der Waals surface area contributed by atoms with E-state index in [0.29, 0.717) is 12.5 Å². The second-order valence-corrected chi connectivity index (χ2v) is 7.36. The maximum absolute atomic E-state index is 13.5. The summed E-state index contributed by atoms with van der Waals surface area (Å²) in [6, 6.07) is 0. The molecule has 24 heavy (non-hydrogen) atoms. The number of rotatable bonds is 6. The van der Waals surface area contributed by atoms with Crippen molar-refractivity contribution in [3.05, 3.63) is 48.7 Å². The summed E-state index contributed by atoms with van der Waals surface area (Å²) in [5.41, 5.74) is 1.88. The first kappa shape index (κ1) is 18.6. The van der Waals surface area contributed by atoms with Crippen LogP contribution in [0.4, 0.5) is 0 Å². The van der Waals surface area contributed by atoms with E-state index >= 15 is 0 Å². The van der Waals surface area contributed by atoms with E-state index in [1.165, 1.54) is 11.1 Å². The monoisotopic (exact) mass is 328 g/mol. The van der Waals surface area contributed by atoms with E-state index in [-0.39, 0.29) is 5.91 Å². The molecule has 2 aliphatic rings. The number of carbonyl (C=O) groups excluding carboxylic acids is 1. The van der Waals surface area contributed by atoms with Gasteiger partial charge in [0.25, 0.3) is 0 Å². The van der Waals surface area contributed by atoms with Gasteiger partial charge in [-0.1, -0.05) is 43.9 Å². The van der Waals surface area contributed by atoms with Crippen LogP contribution in [0, 0.1) is 5.92 Å². The molecule has 3 nitrogen and oxygen atoms in total. The van der Waals surface area contributed by atoms with Crippen LogP contribution in [0.3, 0.4) is 0 Å². The molecular weight excluding hydrogens is 296 g/mol. The summed E-state index contributed by atoms with van der Waals surface area (Å²) in [7, 11) is 1.92. The Hall–Kier alpha value is -1.77. The Morgan fingerprint density at radius 2 is 2.21 bits per heavy atom. The second-order valence-electron chi connectivity index (χ2n) is 7.36. The van der Waals surface area contributed by atoms with Gasteiger partial charge in [0.2, 0.25) is 5.91 Å². The Kier molecular flexibility index (Phi) is 6.09. The first-order valence-electron chi connectivity index (χ1n) is 9.10. The molecule has 0 heterocycles. The number of amides is 1. The van der Waals surface area contributed by atoms with Crippen LogP contribution in [0.15, 0.2) is 48.7 Å². The normalized spacial score (nSPS) is 26.7. The maximum atomic E-state index is 13.5. The molecule has 2 rings (SSSR count). The van der Waals surface area contributed by atoms with Crippen molar-refractivity contribution < 1.29 is 4.79 Å². The minimum Gasteiger partial charge on any atom is -0.364 e. The quantitative estimate of drug-likeness (QED) is 0.679. The van der Waals surface area contributed by atoms with Gasteiger partial charge in [-0.05, 0) is 50.3 Å². The Balaban J connectivity index is 2.26. The lowest BCUT2D eigenvalue weighted by Crippen LogP contribution is -2.59. The Morgan fingerprint density at radius 1 is 1.46 bits per heavy atom. The minimum atomic E-state index is -0.529. The molecule has 0 spiro atoms. The van der Waals surface area contributed by atoms with Crippen LogP contribution < -0.4 is 0 Å². The Labute approximate surface area is 147 Å². The molecule has 1 fully saturated rings. The van der Waals surface area contributed by atoms with Gasteiger partial charge in [-0.2, -0.15) is 0 Å². The van der Waals surface area contributed by atoms with Crippen molar-refractivity contribution in [1.29, 1.82) is 0 Å². The largest absolute Gasteiger partial charge is 0.364 e. The maximum Gasteiger partial charge on any atom is 0.248 e. The second kappa shape index (κ2) is 7.87. The van der Waals surface area contributed by atoms with E-state index in [1.54, 1.807) is 0 Å². The van der Waals surface area contributed by atoms with Crippen molar-refractivity contribution in [1.82, 2.24) is 9.80 Å². The molecule has 0 N–H and O–H groups in total. The van der Waals surface area contributed by atoms with E-state index in [2.05, 4.69) is 50.1 Å². The minimum absolute atomic E-state index is 0.192. The molecule has 0 aromatic rings. The average Bonchev–Trinajstić information content (AvgIpc) is 2.55. The lowest BCUT2D eigenvalue weighted by Gasteiger charge is -2.48. The van der Waals surface area contributed by atoms with Crippen LogP contribution >= 0.6 is 0 Å². The fourth-order valence-corrected chi connectivity index (χ4v) is 4.30. The van der Waals surface area contributed by atoms with Gasteiger partial charge in [0.1, 0.15) is 5.54 Å². The summed E-state index contributed by atoms with van der Waals surface area (Å²) in [6.07, 6.45) is 13.2. The highest BCUT2D eigenvalue weighted by Gasteiger charge is 2.47. The van der Waals surface area contributed by atoms with Gasteiger partial charge in [0.15, 0.2) is 0 Å². The van der Waals surface area contributed by atoms with Crippen molar-refractivity contribution in [2.75, 3.05) is 20.1 Å². The van der Waals surface area contributed by atoms with Crippen LogP contribution in [0.2, 0.25) is 0 Å². The fourth-order valence-electron chi connectivity index (χ4n) is 4.30. The predicted octanol–water partition coefficient (Wildman–Crippen LogP) is 4.30. The molecule has 0 aromatic heterocycles. The first-order valence-corrected chi connectivity index (χ1v) is 9.10. The molecular formula is C21H32N2O. The van der Waals surface area contributed by atoms with Crippen LogP contribution in [-0.2, 0) is 4.79 Å². The number of allylic oxidation sites excluding steroid dienone is 2. The lowest BCUT2D eigenvalue weighted by molar-refractivity contribution is -0.143. The SMILES string of the molecule is C=CN(CC)C1(C(=O)N(C)CC2=CCCC=C2)CC(=C)CC(C)C1. The van der Waals surface area contributed by atoms with Crippen molar-refractivity contribution in [2.24, 2.45) is 5.92 Å². The third-order valence-electron chi connectivity index (χ3n) is 5.21. The van der Waals surface area contributed by atoms with Gasteiger partial charge < -0.3 is 9.80 Å². The molecule has 0 aromatic carbocycles. The van der Waals surface area contributed by atoms with E-state index in [4.69, 9.17) is 0 Å². The molecule has 2 atom stereocenters. The molecule has 2 aliphatic carbocycles. The molecule has 0 bridgehead atoms. The van der Waals surface area contributed by atoms with E-state index < -0.39 is 5.54 Å². The molecule has 132 valence electrons. The Morgan fingerprint density at radius 3 is 2.75 bits per heavy atom. The topological polar surface area (TPSA) is 23.6 Å². The molecule has 3 heteroatoms. The standard InChI is InChI=1S/C21H32N2O/c1-6-23(7-2)21(14-17(3)13-18(4)15-21)20(24)22(5)16-19-11-9-8-10-12-19/h6,9,11-12,18H,1,3,7-8,10,13-16H2,2,4-5H3. The van der Waals surface area contributed by atoms with Gasteiger partial charge in [-0.25, -0.2) is 0 Å². The summed E-state index contributed by atoms with van der Waals surface area (Å²) in [4.78, 5) is 17.5. The predicted molar refractivity (Wildman–Crippen MR) is 102 cm³/mol. The molecule has 2 unspecified atom stereocenters. The van der Waals surface area contributed by atoms with Gasteiger partial charge in [-0.3, -0.25) is 4.79 Å². The summed E-state index contributed by atoms with van der Waals surface area (Å²) in [5.74, 6) is 0.656. The van der Waals surface area contributed by atoms with Gasteiger partial charge in [-0.15, -0.1) is 0 Å².